The molecule has 0 spiro atoms. The molecular formula is C26H43N5O5. The largest absolute Gasteiger partial charge is 0.356 e. The molecule has 2 unspecified atom stereocenters. The van der Waals surface area contributed by atoms with Crippen molar-refractivity contribution in [2.45, 2.75) is 91.9 Å². The lowest BCUT2D eigenvalue weighted by Crippen LogP contribution is -2.61. The van der Waals surface area contributed by atoms with Gasteiger partial charge in [-0.25, -0.2) is 4.79 Å². The Bertz CT molecular complexity index is 919. The molecule has 3 fully saturated rings. The molecule has 10 heteroatoms. The lowest BCUT2D eigenvalue weighted by Gasteiger charge is -2.38. The SMILES string of the molecule is CC(C)(C)NC(=O)NC(C(=O)N1C[C@H]2[C@@H]([C@H]1C(=O)NC(C=O)C[C@@H]1CCNC1=O)C2(C)C)C(C)(C)C. The average Bonchev–Trinajstić information content (AvgIpc) is 3.08. The predicted octanol–water partition coefficient (Wildman–Crippen LogP) is 1.19. The summed E-state index contributed by atoms with van der Waals surface area (Å²) < 4.78 is 0. The number of fused-ring (bicyclic) bond motifs is 1. The summed E-state index contributed by atoms with van der Waals surface area (Å²) in [5, 5.41) is 11.2. The molecule has 5 amide bonds. The number of urea groups is 1. The lowest BCUT2D eigenvalue weighted by atomic mass is 9.85. The minimum atomic E-state index is -0.847. The maximum absolute atomic E-state index is 13.8. The quantitative estimate of drug-likeness (QED) is 0.385. The second-order valence-electron chi connectivity index (χ2n) is 13.3. The molecule has 1 saturated carbocycles. The summed E-state index contributed by atoms with van der Waals surface area (Å²) in [7, 11) is 0. The monoisotopic (exact) mass is 505 g/mol. The molecule has 0 aromatic carbocycles. The number of nitrogens with one attached hydrogen (secondary N) is 4. The fourth-order valence-corrected chi connectivity index (χ4v) is 5.73. The Hall–Kier alpha value is -2.65. The predicted molar refractivity (Wildman–Crippen MR) is 135 cm³/mol. The Labute approximate surface area is 214 Å². The zero-order chi connectivity index (χ0) is 27.2. The molecule has 0 bridgehead atoms. The van der Waals surface area contributed by atoms with Gasteiger partial charge in [0.15, 0.2) is 0 Å². The summed E-state index contributed by atoms with van der Waals surface area (Å²) >= 11 is 0. The van der Waals surface area contributed by atoms with Crippen LogP contribution >= 0.6 is 0 Å². The Morgan fingerprint density at radius 3 is 2.28 bits per heavy atom. The Balaban J connectivity index is 1.78. The fourth-order valence-electron chi connectivity index (χ4n) is 5.73. The van der Waals surface area contributed by atoms with Gasteiger partial charge >= 0.3 is 6.03 Å². The van der Waals surface area contributed by atoms with Crippen molar-refractivity contribution in [3.05, 3.63) is 0 Å². The van der Waals surface area contributed by atoms with Crippen LogP contribution in [0.2, 0.25) is 0 Å². The van der Waals surface area contributed by atoms with Crippen molar-refractivity contribution in [2.75, 3.05) is 13.1 Å². The zero-order valence-corrected chi connectivity index (χ0v) is 22.9. The van der Waals surface area contributed by atoms with Crippen molar-refractivity contribution in [1.29, 1.82) is 0 Å². The first-order valence-electron chi connectivity index (χ1n) is 12.9. The molecule has 10 nitrogen and oxygen atoms in total. The van der Waals surface area contributed by atoms with E-state index >= 15 is 0 Å². The number of hydrogen-bond donors (Lipinski definition) is 4. The van der Waals surface area contributed by atoms with Crippen molar-refractivity contribution in [3.8, 4) is 0 Å². The lowest BCUT2D eigenvalue weighted by molar-refractivity contribution is -0.144. The molecule has 2 saturated heterocycles. The molecule has 202 valence electrons. The third-order valence-electron chi connectivity index (χ3n) is 7.83. The van der Waals surface area contributed by atoms with E-state index in [9.17, 15) is 24.0 Å². The van der Waals surface area contributed by atoms with Crippen molar-refractivity contribution in [2.24, 2.45) is 28.6 Å². The number of carbonyl (C=O) groups excluding carboxylic acids is 5. The number of hydrogen-bond acceptors (Lipinski definition) is 5. The van der Waals surface area contributed by atoms with Crippen molar-refractivity contribution >= 4 is 30.0 Å². The van der Waals surface area contributed by atoms with E-state index in [1.165, 1.54) is 0 Å². The van der Waals surface area contributed by atoms with Crippen LogP contribution in [-0.2, 0) is 19.2 Å². The van der Waals surface area contributed by atoms with Crippen molar-refractivity contribution < 1.29 is 24.0 Å². The molecule has 3 aliphatic rings. The molecule has 4 N–H and O–H groups in total. The van der Waals surface area contributed by atoms with E-state index in [1.54, 1.807) is 4.90 Å². The molecule has 2 aliphatic heterocycles. The van der Waals surface area contributed by atoms with Gasteiger partial charge in [0, 0.05) is 24.5 Å². The van der Waals surface area contributed by atoms with Gasteiger partial charge in [-0.15, -0.1) is 0 Å². The molecular weight excluding hydrogens is 462 g/mol. The minimum absolute atomic E-state index is 0.0347. The van der Waals surface area contributed by atoms with Crippen LogP contribution < -0.4 is 21.3 Å². The van der Waals surface area contributed by atoms with Gasteiger partial charge in [0.2, 0.25) is 17.7 Å². The van der Waals surface area contributed by atoms with Crippen LogP contribution in [0.15, 0.2) is 0 Å². The minimum Gasteiger partial charge on any atom is -0.356 e. The third-order valence-corrected chi connectivity index (χ3v) is 7.83. The highest BCUT2D eigenvalue weighted by Gasteiger charge is 2.69. The number of amides is 5. The van der Waals surface area contributed by atoms with E-state index in [0.29, 0.717) is 25.8 Å². The van der Waals surface area contributed by atoms with Gasteiger partial charge in [-0.2, -0.15) is 0 Å². The van der Waals surface area contributed by atoms with Gasteiger partial charge in [-0.1, -0.05) is 34.6 Å². The van der Waals surface area contributed by atoms with Crippen molar-refractivity contribution in [1.82, 2.24) is 26.2 Å². The molecule has 6 atom stereocenters. The molecule has 2 heterocycles. The van der Waals surface area contributed by atoms with Gasteiger partial charge in [-0.3, -0.25) is 14.4 Å². The first kappa shape index (κ1) is 27.9. The smallest absolute Gasteiger partial charge is 0.315 e. The standard InChI is InChI=1S/C26H43N5O5/c1-24(2,3)19(29-23(36)30-25(4,5)6)22(35)31-12-16-17(26(16,7)8)18(31)21(34)28-15(13-32)11-14-9-10-27-20(14)33/h13-19H,9-12H2,1-8H3,(H,27,33)(H,28,34)(H2,29,30,36)/t14-,15?,16-,17-,18-,19?/m0/s1. The van der Waals surface area contributed by atoms with Gasteiger partial charge in [0.1, 0.15) is 18.4 Å². The van der Waals surface area contributed by atoms with Crippen LogP contribution in [0.3, 0.4) is 0 Å². The normalized spacial score (nSPS) is 28.4. The van der Waals surface area contributed by atoms with Gasteiger partial charge in [0.05, 0.1) is 6.04 Å². The number of piperidine rings is 1. The number of carbonyl (C=O) groups is 5. The topological polar surface area (TPSA) is 137 Å². The summed E-state index contributed by atoms with van der Waals surface area (Å²) in [5.74, 6) is -0.993. The van der Waals surface area contributed by atoms with Crippen LogP contribution in [0.4, 0.5) is 4.79 Å². The van der Waals surface area contributed by atoms with E-state index < -0.39 is 35.1 Å². The number of nitrogens with zero attached hydrogens (tertiary/aromatic N) is 1. The maximum Gasteiger partial charge on any atom is 0.315 e. The highest BCUT2D eigenvalue weighted by atomic mass is 16.2. The highest BCUT2D eigenvalue weighted by molar-refractivity contribution is 5.94. The summed E-state index contributed by atoms with van der Waals surface area (Å²) in [6.45, 7) is 16.3. The van der Waals surface area contributed by atoms with Crippen LogP contribution in [-0.4, -0.2) is 71.7 Å². The van der Waals surface area contributed by atoms with Crippen LogP contribution in [0.5, 0.6) is 0 Å². The molecule has 3 rings (SSSR count). The second kappa shape index (κ2) is 9.67. The van der Waals surface area contributed by atoms with E-state index in [-0.39, 0.29) is 47.3 Å². The van der Waals surface area contributed by atoms with Gasteiger partial charge in [-0.05, 0) is 56.3 Å². The van der Waals surface area contributed by atoms with E-state index in [1.807, 2.05) is 41.5 Å². The van der Waals surface area contributed by atoms with E-state index in [2.05, 4.69) is 35.1 Å². The zero-order valence-electron chi connectivity index (χ0n) is 22.9. The molecule has 36 heavy (non-hydrogen) atoms. The van der Waals surface area contributed by atoms with Crippen LogP contribution in [0.1, 0.15) is 68.2 Å². The van der Waals surface area contributed by atoms with Crippen LogP contribution in [0, 0.1) is 28.6 Å². The third kappa shape index (κ3) is 5.83. The van der Waals surface area contributed by atoms with Gasteiger partial charge in [0.25, 0.3) is 0 Å². The molecule has 0 radical (unpaired) electrons. The Kier molecular flexibility index (Phi) is 7.50. The Morgan fingerprint density at radius 1 is 1.14 bits per heavy atom. The summed E-state index contributed by atoms with van der Waals surface area (Å²) in [4.78, 5) is 65.3. The molecule has 1 aliphatic carbocycles. The van der Waals surface area contributed by atoms with E-state index in [4.69, 9.17) is 0 Å². The number of aldehydes is 1. The molecule has 0 aromatic rings. The average molecular weight is 506 g/mol. The van der Waals surface area contributed by atoms with E-state index in [0.717, 1.165) is 0 Å². The summed E-state index contributed by atoms with van der Waals surface area (Å²) in [6.07, 6.45) is 1.52. The molecule has 0 aromatic heterocycles. The number of rotatable bonds is 7. The summed E-state index contributed by atoms with van der Waals surface area (Å²) in [5.41, 5.74) is -1.18. The first-order chi connectivity index (χ1) is 16.5. The second-order valence-corrected chi connectivity index (χ2v) is 13.3. The Morgan fingerprint density at radius 2 is 1.78 bits per heavy atom. The van der Waals surface area contributed by atoms with Gasteiger partial charge < -0.3 is 31.0 Å². The first-order valence-corrected chi connectivity index (χ1v) is 12.9. The fraction of sp³-hybridized carbons (Fsp3) is 0.808. The number of likely N-dealkylation sites (tertiary alicyclic amines) is 1. The highest BCUT2D eigenvalue weighted by Crippen LogP contribution is 2.65. The maximum atomic E-state index is 13.8. The van der Waals surface area contributed by atoms with Crippen molar-refractivity contribution in [3.63, 3.8) is 0 Å². The summed E-state index contributed by atoms with van der Waals surface area (Å²) in [6, 6.07) is -2.84. The van der Waals surface area contributed by atoms with Crippen LogP contribution in [0.25, 0.3) is 0 Å².